The van der Waals surface area contributed by atoms with Gasteiger partial charge in [-0.15, -0.1) is 0 Å². The van der Waals surface area contributed by atoms with E-state index in [1.54, 1.807) is 0 Å². The van der Waals surface area contributed by atoms with Crippen molar-refractivity contribution >= 4 is 0 Å². The Labute approximate surface area is 199 Å². The summed E-state index contributed by atoms with van der Waals surface area (Å²) in [6.45, 7) is 4.04. The summed E-state index contributed by atoms with van der Waals surface area (Å²) in [5, 5.41) is 0. The molecule has 5 heteroatoms. The molecule has 2 rings (SSSR count). The number of quaternary nitrogens is 2. The summed E-state index contributed by atoms with van der Waals surface area (Å²) >= 11 is 0. The minimum Gasteiger partial charge on any atom is -1.00 e. The van der Waals surface area contributed by atoms with Crippen LogP contribution in [0.5, 0.6) is 0 Å². The van der Waals surface area contributed by atoms with Crippen LogP contribution in [0.1, 0.15) is 64.2 Å². The summed E-state index contributed by atoms with van der Waals surface area (Å²) in [4.78, 5) is 0. The second-order valence-corrected chi connectivity index (χ2v) is 9.13. The molecule has 2 saturated carbocycles. The maximum absolute atomic E-state index is 2.41. The van der Waals surface area contributed by atoms with Crippen LogP contribution in [-0.4, -0.2) is 63.8 Å². The maximum Gasteiger partial charge on any atom is 2.00 e. The van der Waals surface area contributed by atoms with Gasteiger partial charge in [0.1, 0.15) is 0 Å². The minimum absolute atomic E-state index is 0. The van der Waals surface area contributed by atoms with E-state index in [0.717, 1.165) is 10.4 Å². The van der Waals surface area contributed by atoms with Crippen LogP contribution in [0.2, 0.25) is 0 Å². The molecule has 0 amide bonds. The van der Waals surface area contributed by atoms with Gasteiger partial charge in [0.15, 0.2) is 0 Å². The van der Waals surface area contributed by atoms with Crippen molar-refractivity contribution < 1.29 is 60.0 Å². The molecule has 0 spiro atoms. The molecule has 2 nitrogen and oxygen atoms in total. The van der Waals surface area contributed by atoms with Crippen molar-refractivity contribution in [1.29, 1.82) is 0 Å². The van der Waals surface area contributed by atoms with Crippen molar-refractivity contribution in [3.63, 3.8) is 0 Å². The molecule has 0 N–H and O–H groups in total. The summed E-state index contributed by atoms with van der Waals surface area (Å²) in [6, 6.07) is 0. The molecule has 0 aromatic carbocycles. The Hall–Kier alpha value is 1.40. The van der Waals surface area contributed by atoms with E-state index in [2.05, 4.69) is 35.2 Å². The van der Waals surface area contributed by atoms with Gasteiger partial charge in [-0.05, 0) is 12.8 Å². The molecule has 0 aromatic heterocycles. The van der Waals surface area contributed by atoms with Crippen LogP contribution in [-0.2, 0) is 17.1 Å². The van der Waals surface area contributed by atoms with Crippen LogP contribution < -0.4 is 34.0 Å². The van der Waals surface area contributed by atoms with Crippen molar-refractivity contribution in [2.45, 2.75) is 64.2 Å². The second kappa shape index (κ2) is 19.7. The summed E-state index contributed by atoms with van der Waals surface area (Å²) in [6.07, 6.45) is 14.8. The third-order valence-electron chi connectivity index (χ3n) is 5.07. The molecule has 0 saturated heterocycles. The number of hydrogen-bond acceptors (Lipinski definition) is 0. The van der Waals surface area contributed by atoms with Gasteiger partial charge >= 0.3 is 17.1 Å². The van der Waals surface area contributed by atoms with E-state index in [0.29, 0.717) is 0 Å². The molecule has 2 aliphatic carbocycles. The quantitative estimate of drug-likeness (QED) is 0.234. The standard InChI is InChI=1S/C14H32N2.C5H10.2CH3.2BrH.Fe/c1-15(2,3)11-8-12-16(4,5)13-14-9-6-7-10-14;1-2-4-5-3-1;;;;;/h14H,6-13H2,1-5H3;1-5H2;2*1H3;2*1H;/q+2;;2*-1;;;+2/p-2. The molecule has 0 unspecified atom stereocenters. The smallest absolute Gasteiger partial charge is 1.00 e. The molecule has 0 aromatic rings. The zero-order valence-corrected chi connectivity index (χ0v) is 23.0. The number of halogens is 2. The fourth-order valence-corrected chi connectivity index (χ4v) is 3.84. The van der Waals surface area contributed by atoms with E-state index >= 15 is 0 Å². The third kappa shape index (κ3) is 21.7. The summed E-state index contributed by atoms with van der Waals surface area (Å²) < 4.78 is 2.33. The van der Waals surface area contributed by atoms with E-state index in [4.69, 9.17) is 0 Å². The monoisotopic (exact) mass is 542 g/mol. The first-order valence-electron chi connectivity index (χ1n) is 9.41. The minimum atomic E-state index is 0. The van der Waals surface area contributed by atoms with Crippen molar-refractivity contribution in [2.24, 2.45) is 5.92 Å². The zero-order chi connectivity index (χ0) is 15.8. The molecule has 0 bridgehead atoms. The molecule has 0 heterocycles. The summed E-state index contributed by atoms with van der Waals surface area (Å²) in [5.74, 6) is 1.01. The normalized spacial score (nSPS) is 16.5. The molecular weight excluding hydrogens is 496 g/mol. The van der Waals surface area contributed by atoms with Gasteiger partial charge in [0.25, 0.3) is 0 Å². The van der Waals surface area contributed by atoms with E-state index in [-0.39, 0.29) is 65.9 Å². The van der Waals surface area contributed by atoms with Crippen molar-refractivity contribution in [3.8, 4) is 0 Å². The van der Waals surface area contributed by atoms with Gasteiger partial charge in [0, 0.05) is 12.3 Å². The van der Waals surface area contributed by atoms with Crippen LogP contribution in [0.4, 0.5) is 0 Å². The van der Waals surface area contributed by atoms with Gasteiger partial charge < -0.3 is 57.8 Å². The van der Waals surface area contributed by atoms with E-state index in [1.165, 1.54) is 88.3 Å². The van der Waals surface area contributed by atoms with E-state index in [9.17, 15) is 0 Å². The largest absolute Gasteiger partial charge is 2.00 e. The molecule has 164 valence electrons. The van der Waals surface area contributed by atoms with Crippen LogP contribution in [0.3, 0.4) is 0 Å². The zero-order valence-electron chi connectivity index (χ0n) is 18.8. The number of nitrogens with zero attached hydrogens (tertiary/aromatic N) is 2. The molecular formula is C21H48Br2FeN2. The van der Waals surface area contributed by atoms with Crippen molar-refractivity contribution in [3.05, 3.63) is 14.9 Å². The molecule has 26 heavy (non-hydrogen) atoms. The third-order valence-corrected chi connectivity index (χ3v) is 5.07. The van der Waals surface area contributed by atoms with Gasteiger partial charge in [-0.3, -0.25) is 0 Å². The van der Waals surface area contributed by atoms with Crippen LogP contribution in [0.25, 0.3) is 0 Å². The van der Waals surface area contributed by atoms with Gasteiger partial charge in [0.05, 0.1) is 54.9 Å². The Morgan fingerprint density at radius 3 is 1.38 bits per heavy atom. The fraction of sp³-hybridized carbons (Fsp3) is 0.905. The molecule has 0 radical (unpaired) electrons. The van der Waals surface area contributed by atoms with Crippen LogP contribution in [0.15, 0.2) is 0 Å². The molecule has 2 aliphatic rings. The second-order valence-electron chi connectivity index (χ2n) is 9.13. The first kappa shape index (κ1) is 38.1. The van der Waals surface area contributed by atoms with Crippen LogP contribution >= 0.6 is 0 Å². The average Bonchev–Trinajstić information content (AvgIpc) is 3.00. The van der Waals surface area contributed by atoms with Crippen LogP contribution in [0, 0.1) is 20.8 Å². The van der Waals surface area contributed by atoms with E-state index < -0.39 is 0 Å². The fourth-order valence-electron chi connectivity index (χ4n) is 3.84. The Morgan fingerprint density at radius 2 is 1.04 bits per heavy atom. The Bertz CT molecular complexity index is 264. The topological polar surface area (TPSA) is 0 Å². The molecule has 2 fully saturated rings. The predicted octanol–water partition coefficient (Wildman–Crippen LogP) is -0.794. The van der Waals surface area contributed by atoms with Crippen molar-refractivity contribution in [1.82, 2.24) is 0 Å². The number of hydrogen-bond donors (Lipinski definition) is 0. The average molecular weight is 544 g/mol. The SMILES string of the molecule is C1CCCC1.C[N+](C)(C)CCC[N+](C)(C)CC1CCCC1.[Br-].[Br-].[CH3-].[CH3-].[Fe+2]. The van der Waals surface area contributed by atoms with Gasteiger partial charge in [-0.2, -0.15) is 0 Å². The maximum atomic E-state index is 2.41. The Kier molecular flexibility index (Phi) is 28.8. The van der Waals surface area contributed by atoms with E-state index in [1.807, 2.05) is 0 Å². The predicted molar refractivity (Wildman–Crippen MR) is 107 cm³/mol. The molecule has 0 aliphatic heterocycles. The Balaban J connectivity index is -0.000000129. The van der Waals surface area contributed by atoms with Gasteiger partial charge in [-0.1, -0.05) is 44.9 Å². The first-order chi connectivity index (χ1) is 9.79. The van der Waals surface area contributed by atoms with Gasteiger partial charge in [-0.25, -0.2) is 0 Å². The molecule has 0 atom stereocenters. The van der Waals surface area contributed by atoms with Crippen molar-refractivity contribution in [2.75, 3.05) is 54.9 Å². The number of rotatable bonds is 6. The Morgan fingerprint density at radius 1 is 0.654 bits per heavy atom. The first-order valence-corrected chi connectivity index (χ1v) is 9.41. The van der Waals surface area contributed by atoms with Gasteiger partial charge in [0.2, 0.25) is 0 Å². The summed E-state index contributed by atoms with van der Waals surface area (Å²) in [5.41, 5.74) is 0. The summed E-state index contributed by atoms with van der Waals surface area (Å²) in [7, 11) is 11.7.